The Kier molecular flexibility index (Phi) is 4.86. The highest BCUT2D eigenvalue weighted by molar-refractivity contribution is 9.10. The number of hydrogen-bond donors (Lipinski definition) is 0. The minimum absolute atomic E-state index is 0.0332. The lowest BCUT2D eigenvalue weighted by molar-refractivity contribution is 0.0686. The molecule has 0 saturated carbocycles. The van der Waals surface area contributed by atoms with Gasteiger partial charge in [-0.25, -0.2) is 0 Å². The molecule has 2 unspecified atom stereocenters. The topological polar surface area (TPSA) is 35.5 Å². The Hall–Kier alpha value is -0.870. The lowest BCUT2D eigenvalue weighted by Gasteiger charge is -2.20. The zero-order chi connectivity index (χ0) is 14.9. The Morgan fingerprint density at radius 3 is 2.80 bits per heavy atom. The summed E-state index contributed by atoms with van der Waals surface area (Å²) < 4.78 is 12.1. The van der Waals surface area contributed by atoms with E-state index in [0.29, 0.717) is 17.9 Å². The molecule has 1 aromatic carbocycles. The molecule has 0 amide bonds. The predicted octanol–water partition coefficient (Wildman–Crippen LogP) is 4.07. The van der Waals surface area contributed by atoms with Crippen LogP contribution in [0.25, 0.3) is 0 Å². The maximum absolute atomic E-state index is 12.9. The maximum Gasteiger partial charge on any atom is 0.172 e. The second-order valence-electron chi connectivity index (χ2n) is 5.29. The van der Waals surface area contributed by atoms with Gasteiger partial charge in [-0.2, -0.15) is 0 Å². The van der Waals surface area contributed by atoms with Crippen LogP contribution in [0.2, 0.25) is 0 Å². The summed E-state index contributed by atoms with van der Waals surface area (Å²) in [7, 11) is 1.62. The number of carbonyl (C=O) groups is 1. The van der Waals surface area contributed by atoms with E-state index in [4.69, 9.17) is 9.47 Å². The van der Waals surface area contributed by atoms with Gasteiger partial charge in [-0.1, -0.05) is 22.9 Å². The Morgan fingerprint density at radius 2 is 2.20 bits per heavy atom. The normalized spacial score (nSPS) is 22.1. The van der Waals surface area contributed by atoms with Gasteiger partial charge in [0.2, 0.25) is 0 Å². The molecule has 20 heavy (non-hydrogen) atoms. The van der Waals surface area contributed by atoms with E-state index in [1.807, 2.05) is 19.9 Å². The van der Waals surface area contributed by atoms with Gasteiger partial charge in [0.05, 0.1) is 24.7 Å². The molecule has 4 heteroatoms. The first kappa shape index (κ1) is 15.5. The fourth-order valence-corrected chi connectivity index (χ4v) is 3.49. The molecule has 0 bridgehead atoms. The van der Waals surface area contributed by atoms with Crippen molar-refractivity contribution >= 4 is 21.7 Å². The first-order valence-electron chi connectivity index (χ1n) is 7.00. The number of halogens is 1. The van der Waals surface area contributed by atoms with Crippen LogP contribution in [0.15, 0.2) is 10.5 Å². The number of aryl methyl sites for hydroxylation is 1. The van der Waals surface area contributed by atoms with Crippen LogP contribution < -0.4 is 4.74 Å². The molecule has 110 valence electrons. The van der Waals surface area contributed by atoms with Gasteiger partial charge in [0.1, 0.15) is 5.75 Å². The van der Waals surface area contributed by atoms with Gasteiger partial charge in [0.25, 0.3) is 0 Å². The largest absolute Gasteiger partial charge is 0.496 e. The van der Waals surface area contributed by atoms with Crippen LogP contribution in [0.4, 0.5) is 0 Å². The van der Waals surface area contributed by atoms with Crippen LogP contribution in [0.1, 0.15) is 41.3 Å². The fourth-order valence-electron chi connectivity index (χ4n) is 2.95. The second-order valence-corrected chi connectivity index (χ2v) is 6.14. The minimum Gasteiger partial charge on any atom is -0.496 e. The van der Waals surface area contributed by atoms with Crippen molar-refractivity contribution in [1.82, 2.24) is 0 Å². The summed E-state index contributed by atoms with van der Waals surface area (Å²) in [6.45, 7) is 6.65. The third-order valence-corrected chi connectivity index (χ3v) is 4.88. The molecule has 3 nitrogen and oxygen atoms in total. The smallest absolute Gasteiger partial charge is 0.172 e. The monoisotopic (exact) mass is 340 g/mol. The standard InChI is InChI=1S/C16H21BrO3/c1-5-13-11(6-7-20-13)15(18)14-10(3)12(17)8-9(2)16(14)19-4/h8,11,13H,5-7H2,1-4H3. The molecule has 2 rings (SSSR count). The molecule has 1 heterocycles. The van der Waals surface area contributed by atoms with Crippen molar-refractivity contribution in [3.8, 4) is 5.75 Å². The summed E-state index contributed by atoms with van der Waals surface area (Å²) in [5.74, 6) is 0.784. The second kappa shape index (κ2) is 6.27. The molecule has 1 aliphatic heterocycles. The van der Waals surface area contributed by atoms with Gasteiger partial charge in [-0.15, -0.1) is 0 Å². The van der Waals surface area contributed by atoms with Crippen LogP contribution >= 0.6 is 15.9 Å². The van der Waals surface area contributed by atoms with Crippen molar-refractivity contribution in [3.05, 3.63) is 27.2 Å². The van der Waals surface area contributed by atoms with Crippen molar-refractivity contribution in [2.75, 3.05) is 13.7 Å². The number of benzene rings is 1. The number of rotatable bonds is 4. The number of Topliss-reactive ketones (excluding diaryl/α,β-unsaturated/α-hetero) is 1. The van der Waals surface area contributed by atoms with E-state index in [1.54, 1.807) is 7.11 Å². The van der Waals surface area contributed by atoms with Crippen LogP contribution in [-0.4, -0.2) is 25.6 Å². The van der Waals surface area contributed by atoms with Gasteiger partial charge < -0.3 is 9.47 Å². The van der Waals surface area contributed by atoms with Gasteiger partial charge in [-0.05, 0) is 43.9 Å². The third-order valence-electron chi connectivity index (χ3n) is 4.06. The van der Waals surface area contributed by atoms with Gasteiger partial charge in [0, 0.05) is 11.1 Å². The third kappa shape index (κ3) is 2.63. The molecular weight excluding hydrogens is 320 g/mol. The van der Waals surface area contributed by atoms with E-state index in [9.17, 15) is 4.79 Å². The summed E-state index contributed by atoms with van der Waals surface area (Å²) in [4.78, 5) is 12.9. The highest BCUT2D eigenvalue weighted by Crippen LogP contribution is 2.36. The number of carbonyl (C=O) groups excluding carboxylic acids is 1. The zero-order valence-electron chi connectivity index (χ0n) is 12.5. The van der Waals surface area contributed by atoms with Crippen molar-refractivity contribution < 1.29 is 14.3 Å². The van der Waals surface area contributed by atoms with Crippen LogP contribution in [0.3, 0.4) is 0 Å². The molecule has 0 aromatic heterocycles. The molecule has 0 spiro atoms. The number of ketones is 1. The molecule has 2 atom stereocenters. The fraction of sp³-hybridized carbons (Fsp3) is 0.562. The quantitative estimate of drug-likeness (QED) is 0.775. The van der Waals surface area contributed by atoms with Gasteiger partial charge in [0.15, 0.2) is 5.78 Å². The number of ether oxygens (including phenoxy) is 2. The lowest BCUT2D eigenvalue weighted by atomic mass is 9.87. The molecule has 0 N–H and O–H groups in total. The Morgan fingerprint density at radius 1 is 1.50 bits per heavy atom. The van der Waals surface area contributed by atoms with Gasteiger partial charge >= 0.3 is 0 Å². The molecule has 1 fully saturated rings. The van der Waals surface area contributed by atoms with E-state index in [1.165, 1.54) is 0 Å². The minimum atomic E-state index is -0.0544. The van der Waals surface area contributed by atoms with E-state index >= 15 is 0 Å². The molecule has 0 aliphatic carbocycles. The summed E-state index contributed by atoms with van der Waals surface area (Å²) >= 11 is 3.53. The van der Waals surface area contributed by atoms with Crippen LogP contribution in [0, 0.1) is 19.8 Å². The van der Waals surface area contributed by atoms with E-state index in [2.05, 4.69) is 22.9 Å². The van der Waals surface area contributed by atoms with Crippen molar-refractivity contribution in [1.29, 1.82) is 0 Å². The van der Waals surface area contributed by atoms with E-state index in [0.717, 1.165) is 28.4 Å². The van der Waals surface area contributed by atoms with Crippen molar-refractivity contribution in [3.63, 3.8) is 0 Å². The zero-order valence-corrected chi connectivity index (χ0v) is 14.0. The summed E-state index contributed by atoms with van der Waals surface area (Å²) in [6.07, 6.45) is 1.70. The SMILES string of the molecule is CCC1OCCC1C(=O)c1c(C)c(Br)cc(C)c1OC. The first-order chi connectivity index (χ1) is 9.51. The Bertz CT molecular complexity index is 525. The van der Waals surface area contributed by atoms with Crippen LogP contribution in [0.5, 0.6) is 5.75 Å². The first-order valence-corrected chi connectivity index (χ1v) is 7.80. The highest BCUT2D eigenvalue weighted by Gasteiger charge is 2.35. The molecule has 1 aromatic rings. The van der Waals surface area contributed by atoms with Gasteiger partial charge in [-0.3, -0.25) is 4.79 Å². The molecular formula is C16H21BrO3. The summed E-state index contributed by atoms with van der Waals surface area (Å²) in [6, 6.07) is 1.99. The van der Waals surface area contributed by atoms with Crippen molar-refractivity contribution in [2.24, 2.45) is 5.92 Å². The molecule has 0 radical (unpaired) electrons. The number of hydrogen-bond acceptors (Lipinski definition) is 3. The van der Waals surface area contributed by atoms with Crippen LogP contribution in [-0.2, 0) is 4.74 Å². The summed E-state index contributed by atoms with van der Waals surface area (Å²) in [5.41, 5.74) is 2.62. The predicted molar refractivity (Wildman–Crippen MR) is 82.6 cm³/mol. The molecule has 1 aliphatic rings. The Balaban J connectivity index is 2.48. The molecule has 1 saturated heterocycles. The van der Waals surface area contributed by atoms with E-state index < -0.39 is 0 Å². The average Bonchev–Trinajstić information content (AvgIpc) is 2.90. The summed E-state index contributed by atoms with van der Waals surface area (Å²) in [5, 5.41) is 0. The lowest BCUT2D eigenvalue weighted by Crippen LogP contribution is -2.25. The Labute approximate surface area is 128 Å². The average molecular weight is 341 g/mol. The van der Waals surface area contributed by atoms with E-state index in [-0.39, 0.29) is 17.8 Å². The highest BCUT2D eigenvalue weighted by atomic mass is 79.9. The number of methoxy groups -OCH3 is 1. The maximum atomic E-state index is 12.9. The van der Waals surface area contributed by atoms with Crippen molar-refractivity contribution in [2.45, 2.75) is 39.7 Å².